The second-order valence-electron chi connectivity index (χ2n) is 13.8. The average molecular weight is 501 g/mol. The first-order valence-corrected chi connectivity index (χ1v) is 14.6. The molecule has 5 heteroatoms. The van der Waals surface area contributed by atoms with E-state index in [1.807, 2.05) is 25.8 Å². The predicted octanol–water partition coefficient (Wildman–Crippen LogP) is 5.93. The van der Waals surface area contributed by atoms with Crippen LogP contribution in [0.15, 0.2) is 11.6 Å². The minimum atomic E-state index is -0.216. The van der Waals surface area contributed by atoms with Gasteiger partial charge in [0.2, 0.25) is 5.91 Å². The zero-order valence-electron chi connectivity index (χ0n) is 24.5. The average Bonchev–Trinajstić information content (AvgIpc) is 3.14. The Morgan fingerprint density at radius 1 is 0.861 bits per heavy atom. The molecular formula is C31H52N2O3. The van der Waals surface area contributed by atoms with Crippen molar-refractivity contribution in [1.82, 2.24) is 9.80 Å². The molecule has 0 radical (unpaired) electrons. The van der Waals surface area contributed by atoms with Crippen molar-refractivity contribution in [3.05, 3.63) is 11.6 Å². The first-order valence-electron chi connectivity index (χ1n) is 14.6. The van der Waals surface area contributed by atoms with Gasteiger partial charge in [-0.1, -0.05) is 19.4 Å². The van der Waals surface area contributed by atoms with E-state index in [2.05, 4.69) is 39.8 Å². The van der Waals surface area contributed by atoms with E-state index in [0.29, 0.717) is 23.3 Å². The van der Waals surface area contributed by atoms with Gasteiger partial charge in [0.1, 0.15) is 6.10 Å². The van der Waals surface area contributed by atoms with Crippen molar-refractivity contribution in [3.63, 3.8) is 0 Å². The minimum absolute atomic E-state index is 0.0230. The smallest absolute Gasteiger partial charge is 0.302 e. The highest BCUT2D eigenvalue weighted by Gasteiger charge is 2.63. The molecule has 10 atom stereocenters. The highest BCUT2D eigenvalue weighted by molar-refractivity contribution is 5.88. The molecule has 0 aromatic carbocycles. The van der Waals surface area contributed by atoms with E-state index in [-0.39, 0.29) is 29.4 Å². The summed E-state index contributed by atoms with van der Waals surface area (Å²) in [6, 6.07) is 0.582. The molecule has 5 nitrogen and oxygen atoms in total. The van der Waals surface area contributed by atoms with Gasteiger partial charge in [-0.05, 0) is 121 Å². The lowest BCUT2D eigenvalue weighted by Gasteiger charge is -2.63. The fourth-order valence-corrected chi connectivity index (χ4v) is 9.76. The SMILES string of the molecule is CC(=O)O[C@H]1C(N(C)C(=O)C=C(C)C)CC[C@]2(C)C3CC[C@@]4(C)C(CCC4C(C)N(C)C)C3CCC12. The van der Waals surface area contributed by atoms with Gasteiger partial charge in [-0.3, -0.25) is 9.59 Å². The number of esters is 1. The van der Waals surface area contributed by atoms with Crippen LogP contribution < -0.4 is 0 Å². The fraction of sp³-hybridized carbons (Fsp3) is 0.871. The number of carbonyl (C=O) groups is 2. The Morgan fingerprint density at radius 3 is 2.08 bits per heavy atom. The molecule has 4 aliphatic carbocycles. The molecule has 1 amide bonds. The Bertz CT molecular complexity index is 879. The number of hydrogen-bond acceptors (Lipinski definition) is 4. The lowest BCUT2D eigenvalue weighted by molar-refractivity contribution is -0.188. The summed E-state index contributed by atoms with van der Waals surface area (Å²) in [5.41, 5.74) is 1.62. The third kappa shape index (κ3) is 4.56. The molecule has 36 heavy (non-hydrogen) atoms. The van der Waals surface area contributed by atoms with Crippen molar-refractivity contribution in [1.29, 1.82) is 0 Å². The zero-order chi connectivity index (χ0) is 26.6. The van der Waals surface area contributed by atoms with E-state index in [0.717, 1.165) is 42.6 Å². The van der Waals surface area contributed by atoms with Crippen LogP contribution >= 0.6 is 0 Å². The number of allylic oxidation sites excluding steroid dienone is 1. The maximum absolute atomic E-state index is 13.0. The summed E-state index contributed by atoms with van der Waals surface area (Å²) < 4.78 is 6.12. The third-order valence-corrected chi connectivity index (χ3v) is 11.7. The summed E-state index contributed by atoms with van der Waals surface area (Å²) in [6.45, 7) is 13.0. The second kappa shape index (κ2) is 10.1. The van der Waals surface area contributed by atoms with Crippen LogP contribution in [0.4, 0.5) is 0 Å². The number of ether oxygens (including phenoxy) is 1. The standard InChI is InChI=1S/C31H52N2O3/c1-19(2)18-28(35)33(9)27-15-17-31(6)25-14-16-30(5)23(20(3)32(7)8)12-13-24(30)22(25)10-11-26(31)29(27)36-21(4)34/h18,20,22-27,29H,10-17H2,1-9H3/t20?,22?,23?,24?,25?,26?,27?,29-,30-,31-/m1/s1. The summed E-state index contributed by atoms with van der Waals surface area (Å²) in [4.78, 5) is 29.5. The lowest BCUT2D eigenvalue weighted by Crippen LogP contribution is -2.62. The van der Waals surface area contributed by atoms with Gasteiger partial charge in [-0.25, -0.2) is 0 Å². The van der Waals surface area contributed by atoms with Crippen LogP contribution in [0.1, 0.15) is 92.9 Å². The van der Waals surface area contributed by atoms with Crippen molar-refractivity contribution in [2.75, 3.05) is 21.1 Å². The van der Waals surface area contributed by atoms with Crippen LogP contribution in [0, 0.1) is 40.4 Å². The quantitative estimate of drug-likeness (QED) is 0.347. The molecule has 0 heterocycles. The van der Waals surface area contributed by atoms with Crippen LogP contribution in [0.2, 0.25) is 0 Å². The summed E-state index contributed by atoms with van der Waals surface area (Å²) in [5, 5.41) is 0. The lowest BCUT2D eigenvalue weighted by atomic mass is 9.44. The maximum atomic E-state index is 13.0. The van der Waals surface area contributed by atoms with Crippen LogP contribution in [0.25, 0.3) is 0 Å². The Labute approximate surface area is 220 Å². The number of carbonyl (C=O) groups excluding carboxylic acids is 2. The van der Waals surface area contributed by atoms with Crippen LogP contribution in [0.3, 0.4) is 0 Å². The van der Waals surface area contributed by atoms with Gasteiger partial charge in [0.25, 0.3) is 0 Å². The number of likely N-dealkylation sites (N-methyl/N-ethyl adjacent to an activating group) is 1. The Morgan fingerprint density at radius 2 is 1.47 bits per heavy atom. The number of fused-ring (bicyclic) bond motifs is 5. The molecule has 4 fully saturated rings. The van der Waals surface area contributed by atoms with Crippen molar-refractivity contribution in [2.45, 2.75) is 111 Å². The summed E-state index contributed by atoms with van der Waals surface area (Å²) >= 11 is 0. The number of rotatable bonds is 5. The Kier molecular flexibility index (Phi) is 7.74. The topological polar surface area (TPSA) is 49.9 Å². The maximum Gasteiger partial charge on any atom is 0.302 e. The van der Waals surface area contributed by atoms with Gasteiger partial charge in [-0.2, -0.15) is 0 Å². The Balaban J connectivity index is 1.60. The van der Waals surface area contributed by atoms with Crippen LogP contribution in [-0.4, -0.2) is 61.0 Å². The van der Waals surface area contributed by atoms with E-state index in [1.54, 1.807) is 6.08 Å². The summed E-state index contributed by atoms with van der Waals surface area (Å²) in [5.74, 6) is 3.20. The normalized spacial score (nSPS) is 42.6. The van der Waals surface area contributed by atoms with Crippen molar-refractivity contribution in [3.8, 4) is 0 Å². The molecule has 0 N–H and O–H groups in total. The second-order valence-corrected chi connectivity index (χ2v) is 13.8. The first kappa shape index (κ1) is 27.7. The van der Waals surface area contributed by atoms with E-state index < -0.39 is 0 Å². The molecule has 0 spiro atoms. The third-order valence-electron chi connectivity index (χ3n) is 11.7. The fourth-order valence-electron chi connectivity index (χ4n) is 9.76. The van der Waals surface area contributed by atoms with Gasteiger partial charge in [0.15, 0.2) is 0 Å². The van der Waals surface area contributed by atoms with Gasteiger partial charge >= 0.3 is 5.97 Å². The molecule has 204 valence electrons. The van der Waals surface area contributed by atoms with E-state index in [1.165, 1.54) is 39.0 Å². The van der Waals surface area contributed by atoms with E-state index in [9.17, 15) is 9.59 Å². The van der Waals surface area contributed by atoms with Gasteiger partial charge in [0.05, 0.1) is 6.04 Å². The van der Waals surface area contributed by atoms with Crippen LogP contribution in [0.5, 0.6) is 0 Å². The van der Waals surface area contributed by atoms with Crippen molar-refractivity contribution < 1.29 is 14.3 Å². The highest BCUT2D eigenvalue weighted by Crippen LogP contribution is 2.68. The molecule has 4 saturated carbocycles. The largest absolute Gasteiger partial charge is 0.460 e. The molecule has 0 bridgehead atoms. The molecular weight excluding hydrogens is 448 g/mol. The minimum Gasteiger partial charge on any atom is -0.460 e. The first-order chi connectivity index (χ1) is 16.8. The molecule has 0 saturated heterocycles. The van der Waals surface area contributed by atoms with Crippen molar-refractivity contribution in [2.24, 2.45) is 40.4 Å². The van der Waals surface area contributed by atoms with E-state index in [4.69, 9.17) is 4.74 Å². The monoisotopic (exact) mass is 500 g/mol. The number of nitrogens with zero attached hydrogens (tertiary/aromatic N) is 2. The van der Waals surface area contributed by atoms with Gasteiger partial charge < -0.3 is 14.5 Å². The molecule has 4 aliphatic rings. The molecule has 4 rings (SSSR count). The molecule has 7 unspecified atom stereocenters. The molecule has 0 aliphatic heterocycles. The van der Waals surface area contributed by atoms with Gasteiger partial charge in [0, 0.05) is 32.0 Å². The van der Waals surface area contributed by atoms with Crippen molar-refractivity contribution >= 4 is 11.9 Å². The number of hydrogen-bond donors (Lipinski definition) is 0. The summed E-state index contributed by atoms with van der Waals surface area (Å²) in [6.07, 6.45) is 11.2. The van der Waals surface area contributed by atoms with E-state index >= 15 is 0 Å². The highest BCUT2D eigenvalue weighted by atomic mass is 16.5. The molecule has 0 aromatic rings. The zero-order valence-corrected chi connectivity index (χ0v) is 24.5. The van der Waals surface area contributed by atoms with Crippen LogP contribution in [-0.2, 0) is 14.3 Å². The van der Waals surface area contributed by atoms with Gasteiger partial charge in [-0.15, -0.1) is 0 Å². The summed E-state index contributed by atoms with van der Waals surface area (Å²) in [7, 11) is 6.38. The number of amides is 1. The molecule has 0 aromatic heterocycles. The Hall–Kier alpha value is -1.36. The predicted molar refractivity (Wildman–Crippen MR) is 145 cm³/mol.